The first-order valence-electron chi connectivity index (χ1n) is 6.52. The van der Waals surface area contributed by atoms with Gasteiger partial charge in [0.1, 0.15) is 18.3 Å². The molecule has 1 aliphatic heterocycles. The van der Waals surface area contributed by atoms with Gasteiger partial charge in [0, 0.05) is 17.8 Å². The summed E-state index contributed by atoms with van der Waals surface area (Å²) in [6.07, 6.45) is -5.55. The van der Waals surface area contributed by atoms with Gasteiger partial charge < -0.3 is 25.4 Å². The molecule has 0 aromatic heterocycles. The lowest BCUT2D eigenvalue weighted by atomic mass is 9.99. The second-order valence-electron chi connectivity index (χ2n) is 5.13. The zero-order chi connectivity index (χ0) is 15.7. The maximum atomic E-state index is 10.8. The predicted octanol–water partition coefficient (Wildman–Crippen LogP) is 0.143. The van der Waals surface area contributed by atoms with E-state index in [0.29, 0.717) is 5.69 Å². The highest BCUT2D eigenvalue weighted by molar-refractivity contribution is 5.57. The summed E-state index contributed by atoms with van der Waals surface area (Å²) in [5.41, 5.74) is 1.05. The SMILES string of the molecule is Cc1ccc([N+](=O)[O-])cc1N[C@@H]1O[C@H](C)[C@H](O)[C@H](O)[C@H]1O. The number of aliphatic hydroxyl groups is 3. The molecule has 1 fully saturated rings. The van der Waals surface area contributed by atoms with E-state index < -0.39 is 35.6 Å². The van der Waals surface area contributed by atoms with Gasteiger partial charge >= 0.3 is 0 Å². The van der Waals surface area contributed by atoms with E-state index in [-0.39, 0.29) is 5.69 Å². The Balaban J connectivity index is 2.21. The summed E-state index contributed by atoms with van der Waals surface area (Å²) in [7, 11) is 0. The summed E-state index contributed by atoms with van der Waals surface area (Å²) in [5, 5.41) is 42.9. The van der Waals surface area contributed by atoms with Crippen molar-refractivity contribution in [2.75, 3.05) is 5.32 Å². The largest absolute Gasteiger partial charge is 0.388 e. The third-order valence-corrected chi connectivity index (χ3v) is 3.58. The van der Waals surface area contributed by atoms with Crippen LogP contribution in [0.2, 0.25) is 0 Å². The predicted molar refractivity (Wildman–Crippen MR) is 73.8 cm³/mol. The fourth-order valence-electron chi connectivity index (χ4n) is 2.20. The Kier molecular flexibility index (Phi) is 4.43. The number of hydrogen-bond donors (Lipinski definition) is 4. The Morgan fingerprint density at radius 3 is 2.52 bits per heavy atom. The molecule has 8 heteroatoms. The number of ether oxygens (including phenoxy) is 1. The van der Waals surface area contributed by atoms with Gasteiger partial charge in [0.25, 0.3) is 5.69 Å². The minimum absolute atomic E-state index is 0.0953. The van der Waals surface area contributed by atoms with E-state index in [1.54, 1.807) is 19.9 Å². The fourth-order valence-corrected chi connectivity index (χ4v) is 2.20. The molecule has 0 saturated carbocycles. The van der Waals surface area contributed by atoms with Gasteiger partial charge in [-0.3, -0.25) is 10.1 Å². The number of anilines is 1. The molecule has 8 nitrogen and oxygen atoms in total. The van der Waals surface area contributed by atoms with Gasteiger partial charge in [0.2, 0.25) is 0 Å². The minimum atomic E-state index is -1.36. The number of nitrogens with one attached hydrogen (secondary N) is 1. The normalized spacial score (nSPS) is 32.7. The number of rotatable bonds is 3. The van der Waals surface area contributed by atoms with Gasteiger partial charge in [-0.15, -0.1) is 0 Å². The highest BCUT2D eigenvalue weighted by Gasteiger charge is 2.41. The van der Waals surface area contributed by atoms with Gasteiger partial charge in [0.15, 0.2) is 6.23 Å². The van der Waals surface area contributed by atoms with Crippen molar-refractivity contribution in [3.05, 3.63) is 33.9 Å². The monoisotopic (exact) mass is 298 g/mol. The lowest BCUT2D eigenvalue weighted by Gasteiger charge is -2.40. The van der Waals surface area contributed by atoms with Crippen LogP contribution in [0.3, 0.4) is 0 Å². The van der Waals surface area contributed by atoms with Gasteiger partial charge in [-0.2, -0.15) is 0 Å². The van der Waals surface area contributed by atoms with Crippen molar-refractivity contribution in [3.8, 4) is 0 Å². The van der Waals surface area contributed by atoms with Crippen LogP contribution >= 0.6 is 0 Å². The molecule has 0 aliphatic carbocycles. The number of aliphatic hydroxyl groups excluding tert-OH is 3. The first kappa shape index (κ1) is 15.6. The summed E-state index contributed by atoms with van der Waals surface area (Å²) in [5.74, 6) is 0. The first-order valence-corrected chi connectivity index (χ1v) is 6.52. The molecule has 4 N–H and O–H groups in total. The number of nitro benzene ring substituents is 1. The van der Waals surface area contributed by atoms with Crippen molar-refractivity contribution in [1.82, 2.24) is 0 Å². The number of nitrogens with zero attached hydrogens (tertiary/aromatic N) is 1. The van der Waals surface area contributed by atoms with Crippen LogP contribution in [-0.4, -0.2) is 50.9 Å². The van der Waals surface area contributed by atoms with E-state index >= 15 is 0 Å². The Morgan fingerprint density at radius 1 is 1.24 bits per heavy atom. The molecule has 1 saturated heterocycles. The van der Waals surface area contributed by atoms with E-state index in [4.69, 9.17) is 4.74 Å². The summed E-state index contributed by atoms with van der Waals surface area (Å²) >= 11 is 0. The molecule has 5 atom stereocenters. The lowest BCUT2D eigenvalue weighted by Crippen LogP contribution is -2.58. The van der Waals surface area contributed by atoms with Crippen molar-refractivity contribution in [1.29, 1.82) is 0 Å². The maximum absolute atomic E-state index is 10.8. The number of hydrogen-bond acceptors (Lipinski definition) is 7. The van der Waals surface area contributed by atoms with Gasteiger partial charge in [-0.25, -0.2) is 0 Å². The Bertz CT molecular complexity index is 537. The molecule has 0 amide bonds. The number of nitro groups is 1. The molecule has 2 rings (SSSR count). The second-order valence-corrected chi connectivity index (χ2v) is 5.13. The van der Waals surface area contributed by atoms with Crippen molar-refractivity contribution >= 4 is 11.4 Å². The average molecular weight is 298 g/mol. The van der Waals surface area contributed by atoms with Crippen molar-refractivity contribution in [2.45, 2.75) is 44.5 Å². The molecule has 0 spiro atoms. The smallest absolute Gasteiger partial charge is 0.271 e. The summed E-state index contributed by atoms with van der Waals surface area (Å²) in [4.78, 5) is 10.3. The van der Waals surface area contributed by atoms with Gasteiger partial charge in [0.05, 0.1) is 11.0 Å². The van der Waals surface area contributed by atoms with E-state index in [2.05, 4.69) is 5.32 Å². The molecule has 0 radical (unpaired) electrons. The second kappa shape index (κ2) is 5.94. The van der Waals surface area contributed by atoms with E-state index in [1.807, 2.05) is 0 Å². The topological polar surface area (TPSA) is 125 Å². The molecule has 0 bridgehead atoms. The molecule has 0 unspecified atom stereocenters. The average Bonchev–Trinajstić information content (AvgIpc) is 2.44. The van der Waals surface area contributed by atoms with Gasteiger partial charge in [-0.05, 0) is 19.4 Å². The highest BCUT2D eigenvalue weighted by Crippen LogP contribution is 2.26. The quantitative estimate of drug-likeness (QED) is 0.462. The first-order chi connectivity index (χ1) is 9.81. The summed E-state index contributed by atoms with van der Waals surface area (Å²) in [6.45, 7) is 3.31. The third kappa shape index (κ3) is 3.13. The summed E-state index contributed by atoms with van der Waals surface area (Å²) in [6, 6.07) is 4.28. The van der Waals surface area contributed by atoms with Crippen molar-refractivity contribution in [2.24, 2.45) is 0 Å². The van der Waals surface area contributed by atoms with Crippen LogP contribution in [0.4, 0.5) is 11.4 Å². The number of non-ortho nitro benzene ring substituents is 1. The van der Waals surface area contributed by atoms with E-state index in [1.165, 1.54) is 12.1 Å². The fraction of sp³-hybridized carbons (Fsp3) is 0.538. The van der Waals surface area contributed by atoms with E-state index in [9.17, 15) is 25.4 Å². The zero-order valence-electron chi connectivity index (χ0n) is 11.6. The van der Waals surface area contributed by atoms with Crippen LogP contribution in [0, 0.1) is 17.0 Å². The van der Waals surface area contributed by atoms with Crippen LogP contribution in [0.5, 0.6) is 0 Å². The third-order valence-electron chi connectivity index (χ3n) is 3.58. The molecule has 1 aromatic carbocycles. The lowest BCUT2D eigenvalue weighted by molar-refractivity contribution is -0.384. The maximum Gasteiger partial charge on any atom is 0.271 e. The number of aryl methyl sites for hydroxylation is 1. The van der Waals surface area contributed by atoms with Crippen LogP contribution in [0.15, 0.2) is 18.2 Å². The standard InChI is InChI=1S/C13H18N2O6/c1-6-3-4-8(15(19)20)5-9(6)14-13-12(18)11(17)10(16)7(2)21-13/h3-5,7,10-14,16-18H,1-2H3/t7-,10+,11+,12-,13-/m1/s1. The number of benzene rings is 1. The van der Waals surface area contributed by atoms with Crippen LogP contribution in [0.1, 0.15) is 12.5 Å². The van der Waals surface area contributed by atoms with Crippen LogP contribution in [-0.2, 0) is 4.74 Å². The minimum Gasteiger partial charge on any atom is -0.388 e. The van der Waals surface area contributed by atoms with Gasteiger partial charge in [-0.1, -0.05) is 6.07 Å². The van der Waals surface area contributed by atoms with Crippen LogP contribution in [0.25, 0.3) is 0 Å². The molecule has 1 heterocycles. The Hall–Kier alpha value is -1.74. The molecule has 1 aliphatic rings. The summed E-state index contributed by atoms with van der Waals surface area (Å²) < 4.78 is 5.40. The Morgan fingerprint density at radius 2 is 1.90 bits per heavy atom. The van der Waals surface area contributed by atoms with Crippen molar-refractivity contribution in [3.63, 3.8) is 0 Å². The van der Waals surface area contributed by atoms with Crippen molar-refractivity contribution < 1.29 is 25.0 Å². The molecule has 1 aromatic rings. The highest BCUT2D eigenvalue weighted by atomic mass is 16.6. The van der Waals surface area contributed by atoms with Crippen LogP contribution < -0.4 is 5.32 Å². The Labute approximate surface area is 121 Å². The molecule has 21 heavy (non-hydrogen) atoms. The zero-order valence-corrected chi connectivity index (χ0v) is 11.6. The molecule has 116 valence electrons. The molecular formula is C13H18N2O6. The molecular weight excluding hydrogens is 280 g/mol. The van der Waals surface area contributed by atoms with E-state index in [0.717, 1.165) is 5.56 Å².